The predicted octanol–water partition coefficient (Wildman–Crippen LogP) is 2.79. The fourth-order valence-corrected chi connectivity index (χ4v) is 1.50. The van der Waals surface area contributed by atoms with E-state index in [1.165, 1.54) is 18.2 Å². The van der Waals surface area contributed by atoms with E-state index >= 15 is 0 Å². The smallest absolute Gasteiger partial charge is 0.416 e. The minimum Gasteiger partial charge on any atom is -0.452 e. The third kappa shape index (κ3) is 6.43. The molecule has 0 saturated carbocycles. The lowest BCUT2D eigenvalue weighted by Gasteiger charge is -2.07. The largest absolute Gasteiger partial charge is 0.452 e. The predicted molar refractivity (Wildman–Crippen MR) is 74.7 cm³/mol. The molecule has 0 aliphatic heterocycles. The summed E-state index contributed by atoms with van der Waals surface area (Å²) >= 11 is 0. The lowest BCUT2D eigenvalue weighted by atomic mass is 10.1. The fourth-order valence-electron chi connectivity index (χ4n) is 1.50. The molecule has 0 aromatic heterocycles. The Kier molecular flexibility index (Phi) is 6.15. The van der Waals surface area contributed by atoms with E-state index in [-0.39, 0.29) is 6.04 Å². The summed E-state index contributed by atoms with van der Waals surface area (Å²) in [4.78, 5) is 22.6. The van der Waals surface area contributed by atoms with Crippen molar-refractivity contribution in [2.24, 2.45) is 0 Å². The molecule has 22 heavy (non-hydrogen) atoms. The highest BCUT2D eigenvalue weighted by atomic mass is 19.4. The Morgan fingerprint density at radius 2 is 1.82 bits per heavy atom. The lowest BCUT2D eigenvalue weighted by molar-refractivity contribution is -0.143. The highest BCUT2D eigenvalue weighted by molar-refractivity contribution is 5.89. The van der Waals surface area contributed by atoms with Crippen molar-refractivity contribution in [3.63, 3.8) is 0 Å². The molecule has 0 saturated heterocycles. The van der Waals surface area contributed by atoms with Gasteiger partial charge in [-0.2, -0.15) is 13.2 Å². The van der Waals surface area contributed by atoms with Gasteiger partial charge >= 0.3 is 12.1 Å². The van der Waals surface area contributed by atoms with Crippen LogP contribution in [-0.2, 0) is 20.5 Å². The highest BCUT2D eigenvalue weighted by Gasteiger charge is 2.29. The van der Waals surface area contributed by atoms with Gasteiger partial charge in [-0.05, 0) is 37.6 Å². The van der Waals surface area contributed by atoms with E-state index in [4.69, 9.17) is 0 Å². The second kappa shape index (κ2) is 7.63. The maximum absolute atomic E-state index is 12.4. The maximum atomic E-state index is 12.4. The van der Waals surface area contributed by atoms with Crippen molar-refractivity contribution in [2.45, 2.75) is 26.1 Å². The Labute approximate surface area is 126 Å². The van der Waals surface area contributed by atoms with Gasteiger partial charge in [0.15, 0.2) is 6.61 Å². The Bertz CT molecular complexity index is 548. The molecule has 1 aromatic carbocycles. The Balaban J connectivity index is 2.50. The van der Waals surface area contributed by atoms with Crippen molar-refractivity contribution in [2.75, 3.05) is 6.61 Å². The molecular weight excluding hydrogens is 299 g/mol. The van der Waals surface area contributed by atoms with Gasteiger partial charge in [0.2, 0.25) is 0 Å². The maximum Gasteiger partial charge on any atom is 0.416 e. The van der Waals surface area contributed by atoms with Crippen LogP contribution in [-0.4, -0.2) is 24.5 Å². The van der Waals surface area contributed by atoms with Crippen molar-refractivity contribution in [1.82, 2.24) is 5.32 Å². The van der Waals surface area contributed by atoms with Crippen LogP contribution in [0.3, 0.4) is 0 Å². The summed E-state index contributed by atoms with van der Waals surface area (Å²) in [6, 6.07) is 4.24. The molecule has 1 aromatic rings. The number of rotatable bonds is 5. The molecule has 0 aliphatic rings. The number of halogens is 3. The fraction of sp³-hybridized carbons (Fsp3) is 0.333. The molecule has 0 aliphatic carbocycles. The Morgan fingerprint density at radius 3 is 2.32 bits per heavy atom. The number of amides is 1. The summed E-state index contributed by atoms with van der Waals surface area (Å²) in [5.74, 6) is -1.18. The monoisotopic (exact) mass is 315 g/mol. The highest BCUT2D eigenvalue weighted by Crippen LogP contribution is 2.29. The molecule has 0 heterocycles. The van der Waals surface area contributed by atoms with E-state index in [1.807, 2.05) is 0 Å². The summed E-state index contributed by atoms with van der Waals surface area (Å²) in [6.45, 7) is 3.13. The van der Waals surface area contributed by atoms with Crippen LogP contribution in [0.25, 0.3) is 6.08 Å². The number of benzene rings is 1. The van der Waals surface area contributed by atoms with E-state index in [1.54, 1.807) is 13.8 Å². The average molecular weight is 315 g/mol. The van der Waals surface area contributed by atoms with E-state index < -0.39 is 30.2 Å². The minimum absolute atomic E-state index is 0.0612. The first-order chi connectivity index (χ1) is 10.2. The normalized spacial score (nSPS) is 11.7. The molecule has 0 bridgehead atoms. The third-order valence-electron chi connectivity index (χ3n) is 2.45. The molecule has 120 valence electrons. The van der Waals surface area contributed by atoms with Crippen LogP contribution in [0.1, 0.15) is 25.0 Å². The zero-order chi connectivity index (χ0) is 16.8. The molecule has 0 unspecified atom stereocenters. The first kappa shape index (κ1) is 17.7. The van der Waals surface area contributed by atoms with Crippen LogP contribution < -0.4 is 5.32 Å². The number of carbonyl (C=O) groups excluding carboxylic acids is 2. The van der Waals surface area contributed by atoms with Gasteiger partial charge in [0.25, 0.3) is 5.91 Å². The molecule has 0 spiro atoms. The number of nitrogens with one attached hydrogen (secondary N) is 1. The van der Waals surface area contributed by atoms with Gasteiger partial charge in [-0.3, -0.25) is 4.79 Å². The number of esters is 1. The van der Waals surface area contributed by atoms with Gasteiger partial charge in [0, 0.05) is 12.1 Å². The van der Waals surface area contributed by atoms with E-state index in [0.29, 0.717) is 5.56 Å². The zero-order valence-electron chi connectivity index (χ0n) is 12.1. The number of ether oxygens (including phenoxy) is 1. The standard InChI is InChI=1S/C15H16F3NO3/c1-10(2)19-13(20)9-22-14(21)8-5-11-3-6-12(7-4-11)15(16,17)18/h3-8,10H,9H2,1-2H3,(H,19,20)/b8-5+. The minimum atomic E-state index is -4.40. The Hall–Kier alpha value is -2.31. The molecule has 7 heteroatoms. The van der Waals surface area contributed by atoms with Crippen molar-refractivity contribution in [1.29, 1.82) is 0 Å². The van der Waals surface area contributed by atoms with Gasteiger partial charge < -0.3 is 10.1 Å². The van der Waals surface area contributed by atoms with E-state index in [2.05, 4.69) is 10.1 Å². The lowest BCUT2D eigenvalue weighted by Crippen LogP contribution is -2.33. The molecule has 0 fully saturated rings. The summed E-state index contributed by atoms with van der Waals surface area (Å²) in [5.41, 5.74) is -0.353. The quantitative estimate of drug-likeness (QED) is 0.671. The first-order valence-electron chi connectivity index (χ1n) is 6.50. The van der Waals surface area contributed by atoms with Crippen LogP contribution in [0.15, 0.2) is 30.3 Å². The molecule has 4 nitrogen and oxygen atoms in total. The number of hydrogen-bond acceptors (Lipinski definition) is 3. The summed E-state index contributed by atoms with van der Waals surface area (Å²) in [5, 5.41) is 2.55. The number of alkyl halides is 3. The second-order valence-electron chi connectivity index (χ2n) is 4.78. The topological polar surface area (TPSA) is 55.4 Å². The van der Waals surface area contributed by atoms with E-state index in [9.17, 15) is 22.8 Å². The average Bonchev–Trinajstić information content (AvgIpc) is 2.41. The Morgan fingerprint density at radius 1 is 1.23 bits per heavy atom. The van der Waals surface area contributed by atoms with Crippen LogP contribution in [0.2, 0.25) is 0 Å². The van der Waals surface area contributed by atoms with Gasteiger partial charge in [0.1, 0.15) is 0 Å². The third-order valence-corrected chi connectivity index (χ3v) is 2.45. The van der Waals surface area contributed by atoms with Crippen molar-refractivity contribution in [3.05, 3.63) is 41.5 Å². The molecular formula is C15H16F3NO3. The molecule has 1 rings (SSSR count). The molecule has 0 radical (unpaired) electrons. The zero-order valence-corrected chi connectivity index (χ0v) is 12.1. The van der Waals surface area contributed by atoms with Crippen molar-refractivity contribution in [3.8, 4) is 0 Å². The molecule has 1 amide bonds. The molecule has 1 N–H and O–H groups in total. The number of hydrogen-bond donors (Lipinski definition) is 1. The van der Waals surface area contributed by atoms with Gasteiger partial charge in [-0.25, -0.2) is 4.79 Å². The second-order valence-corrected chi connectivity index (χ2v) is 4.78. The summed E-state index contributed by atoms with van der Waals surface area (Å²) in [7, 11) is 0. The van der Waals surface area contributed by atoms with E-state index in [0.717, 1.165) is 18.2 Å². The SMILES string of the molecule is CC(C)NC(=O)COC(=O)/C=C/c1ccc(C(F)(F)F)cc1. The van der Waals surface area contributed by atoms with Crippen molar-refractivity contribution < 1.29 is 27.5 Å². The van der Waals surface area contributed by atoms with Crippen LogP contribution in [0.4, 0.5) is 13.2 Å². The van der Waals surface area contributed by atoms with Crippen LogP contribution in [0, 0.1) is 0 Å². The summed E-state index contributed by atoms with van der Waals surface area (Å²) in [6.07, 6.45) is -2.04. The van der Waals surface area contributed by atoms with Crippen LogP contribution >= 0.6 is 0 Å². The van der Waals surface area contributed by atoms with Gasteiger partial charge in [-0.15, -0.1) is 0 Å². The van der Waals surface area contributed by atoms with Gasteiger partial charge in [0.05, 0.1) is 5.56 Å². The first-order valence-corrected chi connectivity index (χ1v) is 6.50. The van der Waals surface area contributed by atoms with Crippen LogP contribution in [0.5, 0.6) is 0 Å². The number of carbonyl (C=O) groups is 2. The van der Waals surface area contributed by atoms with Crippen molar-refractivity contribution >= 4 is 18.0 Å². The van der Waals surface area contributed by atoms with Gasteiger partial charge in [-0.1, -0.05) is 12.1 Å². The molecule has 0 atom stereocenters. The summed E-state index contributed by atoms with van der Waals surface area (Å²) < 4.78 is 41.8.